The highest BCUT2D eigenvalue weighted by Gasteiger charge is 2.27. The van der Waals surface area contributed by atoms with Crippen molar-refractivity contribution in [3.05, 3.63) is 35.4 Å². The lowest BCUT2D eigenvalue weighted by molar-refractivity contribution is -0.133. The van der Waals surface area contributed by atoms with Gasteiger partial charge < -0.3 is 15.5 Å². The van der Waals surface area contributed by atoms with Gasteiger partial charge >= 0.3 is 0 Å². The van der Waals surface area contributed by atoms with E-state index in [1.54, 1.807) is 0 Å². The predicted octanol–water partition coefficient (Wildman–Crippen LogP) is 2.35. The van der Waals surface area contributed by atoms with Gasteiger partial charge in [0, 0.05) is 38.1 Å². The van der Waals surface area contributed by atoms with Crippen LogP contribution in [0.3, 0.4) is 0 Å². The minimum atomic E-state index is 0.0648. The summed E-state index contributed by atoms with van der Waals surface area (Å²) in [5.74, 6) is 1.15. The van der Waals surface area contributed by atoms with E-state index in [1.165, 1.54) is 11.1 Å². The fourth-order valence-corrected chi connectivity index (χ4v) is 3.12. The average molecular weight is 345 g/mol. The maximum Gasteiger partial charge on any atom is 0.225 e. The third kappa shape index (κ3) is 6.07. The van der Waals surface area contributed by atoms with Crippen molar-refractivity contribution >= 4 is 11.9 Å². The fourth-order valence-electron chi connectivity index (χ4n) is 3.12. The van der Waals surface area contributed by atoms with E-state index in [0.717, 1.165) is 45.0 Å². The Labute approximate surface area is 151 Å². The monoisotopic (exact) mass is 344 g/mol. The number of carbonyl (C=O) groups is 1. The summed E-state index contributed by atoms with van der Waals surface area (Å²) in [6, 6.07) is 8.84. The summed E-state index contributed by atoms with van der Waals surface area (Å²) >= 11 is 0. The first-order valence-corrected chi connectivity index (χ1v) is 9.38. The number of hydrogen-bond acceptors (Lipinski definition) is 2. The summed E-state index contributed by atoms with van der Waals surface area (Å²) in [5, 5.41) is 6.79. The SMILES string of the molecule is CCNC(=NCCc1cccc(C)c1)NC1CCN(C(=O)C(C)C)C1. The Hall–Kier alpha value is -2.04. The number of hydrogen-bond donors (Lipinski definition) is 2. The summed E-state index contributed by atoms with van der Waals surface area (Å²) in [4.78, 5) is 18.8. The van der Waals surface area contributed by atoms with Gasteiger partial charge in [-0.05, 0) is 32.3 Å². The number of aryl methyl sites for hydroxylation is 1. The Morgan fingerprint density at radius 2 is 2.20 bits per heavy atom. The van der Waals surface area contributed by atoms with Gasteiger partial charge in [-0.1, -0.05) is 43.7 Å². The average Bonchev–Trinajstić information content (AvgIpc) is 3.02. The van der Waals surface area contributed by atoms with Crippen LogP contribution in [0.1, 0.15) is 38.3 Å². The van der Waals surface area contributed by atoms with E-state index < -0.39 is 0 Å². The molecule has 0 aromatic heterocycles. The van der Waals surface area contributed by atoms with Crippen LogP contribution < -0.4 is 10.6 Å². The number of guanidine groups is 1. The molecule has 0 saturated carbocycles. The number of carbonyl (C=O) groups excluding carboxylic acids is 1. The van der Waals surface area contributed by atoms with E-state index in [0.29, 0.717) is 0 Å². The maximum atomic E-state index is 12.1. The second kappa shape index (κ2) is 9.44. The Morgan fingerprint density at radius 3 is 2.88 bits per heavy atom. The normalized spacial score (nSPS) is 17.9. The summed E-state index contributed by atoms with van der Waals surface area (Å²) < 4.78 is 0. The molecule has 25 heavy (non-hydrogen) atoms. The van der Waals surface area contributed by atoms with Crippen molar-refractivity contribution in [2.75, 3.05) is 26.2 Å². The minimum Gasteiger partial charge on any atom is -0.357 e. The van der Waals surface area contributed by atoms with Gasteiger partial charge in [-0.15, -0.1) is 0 Å². The third-order valence-corrected chi connectivity index (χ3v) is 4.43. The Morgan fingerprint density at radius 1 is 1.40 bits per heavy atom. The lowest BCUT2D eigenvalue weighted by Crippen LogP contribution is -2.45. The number of aliphatic imine (C=N–C) groups is 1. The molecule has 2 N–H and O–H groups in total. The van der Waals surface area contributed by atoms with Crippen molar-refractivity contribution in [1.82, 2.24) is 15.5 Å². The lowest BCUT2D eigenvalue weighted by Gasteiger charge is -2.20. The van der Waals surface area contributed by atoms with Crippen LogP contribution >= 0.6 is 0 Å². The minimum absolute atomic E-state index is 0.0648. The van der Waals surface area contributed by atoms with E-state index in [9.17, 15) is 4.79 Å². The smallest absolute Gasteiger partial charge is 0.225 e. The van der Waals surface area contributed by atoms with Gasteiger partial charge in [0.2, 0.25) is 5.91 Å². The van der Waals surface area contributed by atoms with Crippen molar-refractivity contribution < 1.29 is 4.79 Å². The quantitative estimate of drug-likeness (QED) is 0.615. The summed E-state index contributed by atoms with van der Waals surface area (Å²) in [5.41, 5.74) is 2.60. The number of nitrogens with one attached hydrogen (secondary N) is 2. The summed E-state index contributed by atoms with van der Waals surface area (Å²) in [6.07, 6.45) is 1.90. The largest absolute Gasteiger partial charge is 0.357 e. The summed E-state index contributed by atoms with van der Waals surface area (Å²) in [6.45, 7) is 11.3. The van der Waals surface area contributed by atoms with Crippen molar-refractivity contribution in [2.24, 2.45) is 10.9 Å². The number of rotatable bonds is 6. The molecule has 1 aliphatic heterocycles. The molecule has 2 rings (SSSR count). The molecule has 1 aromatic rings. The predicted molar refractivity (Wildman–Crippen MR) is 104 cm³/mol. The first kappa shape index (κ1) is 19.3. The van der Waals surface area contributed by atoms with E-state index >= 15 is 0 Å². The highest BCUT2D eigenvalue weighted by atomic mass is 16.2. The molecule has 1 amide bonds. The second-order valence-corrected chi connectivity index (χ2v) is 7.07. The molecule has 5 nitrogen and oxygen atoms in total. The van der Waals surface area contributed by atoms with E-state index in [2.05, 4.69) is 48.7 Å². The maximum absolute atomic E-state index is 12.1. The van der Waals surface area contributed by atoms with Gasteiger partial charge in [0.05, 0.1) is 0 Å². The molecule has 1 heterocycles. The van der Waals surface area contributed by atoms with Gasteiger partial charge in [-0.3, -0.25) is 9.79 Å². The topological polar surface area (TPSA) is 56.7 Å². The van der Waals surface area contributed by atoms with Crippen molar-refractivity contribution in [3.8, 4) is 0 Å². The zero-order chi connectivity index (χ0) is 18.2. The molecule has 5 heteroatoms. The third-order valence-electron chi connectivity index (χ3n) is 4.43. The molecule has 0 spiro atoms. The van der Waals surface area contributed by atoms with Crippen LogP contribution in [0.2, 0.25) is 0 Å². The number of amides is 1. The van der Waals surface area contributed by atoms with Crippen LogP contribution in [-0.2, 0) is 11.2 Å². The van der Waals surface area contributed by atoms with Crippen molar-refractivity contribution in [2.45, 2.75) is 46.6 Å². The van der Waals surface area contributed by atoms with Crippen molar-refractivity contribution in [3.63, 3.8) is 0 Å². The zero-order valence-corrected chi connectivity index (χ0v) is 16.0. The summed E-state index contributed by atoms with van der Waals surface area (Å²) in [7, 11) is 0. The molecule has 1 aromatic carbocycles. The molecule has 138 valence electrons. The molecule has 1 saturated heterocycles. The molecule has 0 radical (unpaired) electrons. The first-order chi connectivity index (χ1) is 12.0. The number of nitrogens with zero attached hydrogens (tertiary/aromatic N) is 2. The standard InChI is InChI=1S/C20H32N4O/c1-5-21-20(22-11-9-17-8-6-7-16(4)13-17)23-18-10-12-24(14-18)19(25)15(2)3/h6-8,13,15,18H,5,9-12,14H2,1-4H3,(H2,21,22,23). The fraction of sp³-hybridized carbons (Fsp3) is 0.600. The molecule has 0 bridgehead atoms. The van der Waals surface area contributed by atoms with Crippen molar-refractivity contribution in [1.29, 1.82) is 0 Å². The van der Waals surface area contributed by atoms with Gasteiger partial charge in [0.25, 0.3) is 0 Å². The highest BCUT2D eigenvalue weighted by molar-refractivity contribution is 5.81. The van der Waals surface area contributed by atoms with Crippen LogP contribution in [-0.4, -0.2) is 49.0 Å². The molecule has 1 fully saturated rings. The van der Waals surface area contributed by atoms with Crippen LogP contribution in [0.25, 0.3) is 0 Å². The highest BCUT2D eigenvalue weighted by Crippen LogP contribution is 2.12. The van der Waals surface area contributed by atoms with E-state index in [4.69, 9.17) is 4.99 Å². The Bertz CT molecular complexity index is 597. The molecule has 1 unspecified atom stereocenters. The number of benzene rings is 1. The van der Waals surface area contributed by atoms with Gasteiger partial charge in [-0.25, -0.2) is 0 Å². The van der Waals surface area contributed by atoms with E-state index in [-0.39, 0.29) is 17.9 Å². The Kier molecular flexibility index (Phi) is 7.29. The molecular formula is C20H32N4O. The molecule has 0 aliphatic carbocycles. The second-order valence-electron chi connectivity index (χ2n) is 7.07. The van der Waals surface area contributed by atoms with Crippen LogP contribution in [0.15, 0.2) is 29.3 Å². The first-order valence-electron chi connectivity index (χ1n) is 9.38. The van der Waals surface area contributed by atoms with Crippen LogP contribution in [0, 0.1) is 12.8 Å². The van der Waals surface area contributed by atoms with Gasteiger partial charge in [0.15, 0.2) is 5.96 Å². The molecule has 1 atom stereocenters. The molecule has 1 aliphatic rings. The Balaban J connectivity index is 1.86. The molecular weight excluding hydrogens is 312 g/mol. The zero-order valence-electron chi connectivity index (χ0n) is 16.0. The van der Waals surface area contributed by atoms with E-state index in [1.807, 2.05) is 18.7 Å². The van der Waals surface area contributed by atoms with Crippen LogP contribution in [0.4, 0.5) is 0 Å². The number of likely N-dealkylation sites (tertiary alicyclic amines) is 1. The van der Waals surface area contributed by atoms with Gasteiger partial charge in [0.1, 0.15) is 0 Å². The lowest BCUT2D eigenvalue weighted by atomic mass is 10.1. The van der Waals surface area contributed by atoms with Gasteiger partial charge in [-0.2, -0.15) is 0 Å². The van der Waals surface area contributed by atoms with Crippen LogP contribution in [0.5, 0.6) is 0 Å².